The van der Waals surface area contributed by atoms with Crippen molar-refractivity contribution in [3.8, 4) is 0 Å². The maximum absolute atomic E-state index is 12.3. The number of benzene rings is 1. The van der Waals surface area contributed by atoms with E-state index < -0.39 is 11.7 Å². The maximum atomic E-state index is 12.3. The Bertz CT molecular complexity index is 607. The zero-order valence-electron chi connectivity index (χ0n) is 15.6. The van der Waals surface area contributed by atoms with Gasteiger partial charge in [-0.3, -0.25) is 4.79 Å². The number of allylic oxidation sites excluding steroid dienone is 1. The number of hydrogen-bond donors (Lipinski definition) is 1. The monoisotopic (exact) mass is 360 g/mol. The van der Waals surface area contributed by atoms with Crippen LogP contribution in [0.1, 0.15) is 31.7 Å². The summed E-state index contributed by atoms with van der Waals surface area (Å²) in [4.78, 5) is 26.2. The van der Waals surface area contributed by atoms with E-state index in [-0.39, 0.29) is 5.91 Å². The number of likely N-dealkylation sites (tertiary alicyclic amines) is 1. The van der Waals surface area contributed by atoms with Gasteiger partial charge in [-0.15, -0.1) is 0 Å². The summed E-state index contributed by atoms with van der Waals surface area (Å²) in [6.45, 7) is 4.02. The third kappa shape index (κ3) is 5.33. The van der Waals surface area contributed by atoms with E-state index in [0.29, 0.717) is 39.1 Å². The van der Waals surface area contributed by atoms with Gasteiger partial charge in [-0.05, 0) is 25.0 Å². The van der Waals surface area contributed by atoms with Crippen molar-refractivity contribution in [1.29, 1.82) is 0 Å². The minimum atomic E-state index is -0.709. The van der Waals surface area contributed by atoms with Gasteiger partial charge < -0.3 is 19.7 Å². The molecule has 0 spiro atoms. The minimum absolute atomic E-state index is 0.00169. The first-order valence-electron chi connectivity index (χ1n) is 9.04. The molecule has 1 heterocycles. The topological polar surface area (TPSA) is 67.9 Å². The number of alkyl carbamates (subject to hydrolysis) is 1. The second-order valence-corrected chi connectivity index (χ2v) is 6.35. The SMILES string of the molecule is CC=CC(=O)N1CCC(OC(=O)NCCCOC)(c2ccccc2)CC1. The van der Waals surface area contributed by atoms with Crippen LogP contribution in [0, 0.1) is 0 Å². The van der Waals surface area contributed by atoms with E-state index in [9.17, 15) is 9.59 Å². The molecular weight excluding hydrogens is 332 g/mol. The van der Waals surface area contributed by atoms with Gasteiger partial charge in [0.15, 0.2) is 0 Å². The van der Waals surface area contributed by atoms with Crippen molar-refractivity contribution in [3.63, 3.8) is 0 Å². The lowest BCUT2D eigenvalue weighted by Crippen LogP contribution is -2.48. The van der Waals surface area contributed by atoms with Gasteiger partial charge in [0.2, 0.25) is 5.91 Å². The van der Waals surface area contributed by atoms with Crippen molar-refractivity contribution < 1.29 is 19.1 Å². The molecule has 1 aliphatic rings. The summed E-state index contributed by atoms with van der Waals surface area (Å²) in [5.74, 6) is -0.00169. The Kier molecular flexibility index (Phi) is 7.66. The molecule has 6 nitrogen and oxygen atoms in total. The van der Waals surface area contributed by atoms with Crippen LogP contribution < -0.4 is 5.32 Å². The number of nitrogens with zero attached hydrogens (tertiary/aromatic N) is 1. The van der Waals surface area contributed by atoms with Crippen LogP contribution in [-0.2, 0) is 19.9 Å². The van der Waals surface area contributed by atoms with Crippen LogP contribution in [0.15, 0.2) is 42.5 Å². The number of piperidine rings is 1. The van der Waals surface area contributed by atoms with E-state index in [1.54, 1.807) is 24.2 Å². The lowest BCUT2D eigenvalue weighted by molar-refractivity contribution is -0.130. The fourth-order valence-electron chi connectivity index (χ4n) is 3.15. The number of methoxy groups -OCH3 is 1. The van der Waals surface area contributed by atoms with Gasteiger partial charge in [0.1, 0.15) is 5.60 Å². The van der Waals surface area contributed by atoms with E-state index in [1.807, 2.05) is 37.3 Å². The highest BCUT2D eigenvalue weighted by Crippen LogP contribution is 2.37. The van der Waals surface area contributed by atoms with E-state index in [1.165, 1.54) is 0 Å². The summed E-state index contributed by atoms with van der Waals surface area (Å²) >= 11 is 0. The highest BCUT2D eigenvalue weighted by molar-refractivity contribution is 5.87. The smallest absolute Gasteiger partial charge is 0.408 e. The van der Waals surface area contributed by atoms with Crippen LogP contribution >= 0.6 is 0 Å². The Morgan fingerprint density at radius 2 is 1.92 bits per heavy atom. The van der Waals surface area contributed by atoms with Gasteiger partial charge in [-0.2, -0.15) is 0 Å². The van der Waals surface area contributed by atoms with Crippen molar-refractivity contribution in [2.75, 3.05) is 33.4 Å². The first kappa shape index (κ1) is 20.0. The summed E-state index contributed by atoms with van der Waals surface area (Å²) in [5, 5.41) is 2.78. The summed E-state index contributed by atoms with van der Waals surface area (Å²) in [6.07, 6.45) is 4.76. The molecule has 0 bridgehead atoms. The highest BCUT2D eigenvalue weighted by Gasteiger charge is 2.40. The predicted octanol–water partition coefficient (Wildman–Crippen LogP) is 2.84. The standard InChI is InChI=1S/C20H28N2O4/c1-3-8-18(23)22-14-11-20(12-15-22,17-9-5-4-6-10-17)26-19(24)21-13-7-16-25-2/h3-6,8-10H,7,11-16H2,1-2H3,(H,21,24). The Morgan fingerprint density at radius 3 is 2.54 bits per heavy atom. The number of carbonyl (C=O) groups excluding carboxylic acids is 2. The zero-order valence-corrected chi connectivity index (χ0v) is 15.6. The number of nitrogens with one attached hydrogen (secondary N) is 1. The fourth-order valence-corrected chi connectivity index (χ4v) is 3.15. The second kappa shape index (κ2) is 9.97. The van der Waals surface area contributed by atoms with Gasteiger partial charge in [0.25, 0.3) is 0 Å². The van der Waals surface area contributed by atoms with Crippen LogP contribution in [-0.4, -0.2) is 50.3 Å². The van der Waals surface area contributed by atoms with E-state index in [0.717, 1.165) is 12.0 Å². The molecule has 142 valence electrons. The molecule has 1 saturated heterocycles. The maximum Gasteiger partial charge on any atom is 0.408 e. The Labute approximate surface area is 155 Å². The quantitative estimate of drug-likeness (QED) is 0.600. The molecule has 6 heteroatoms. The average Bonchev–Trinajstić information content (AvgIpc) is 2.67. The van der Waals surface area contributed by atoms with Crippen molar-refractivity contribution in [2.24, 2.45) is 0 Å². The van der Waals surface area contributed by atoms with Crippen molar-refractivity contribution in [2.45, 2.75) is 31.8 Å². The summed E-state index contributed by atoms with van der Waals surface area (Å²) in [6, 6.07) is 9.76. The van der Waals surface area contributed by atoms with Crippen LogP contribution in [0.25, 0.3) is 0 Å². The predicted molar refractivity (Wildman–Crippen MR) is 99.7 cm³/mol. The minimum Gasteiger partial charge on any atom is -0.438 e. The van der Waals surface area contributed by atoms with Gasteiger partial charge >= 0.3 is 6.09 Å². The van der Waals surface area contributed by atoms with Crippen LogP contribution in [0.5, 0.6) is 0 Å². The Morgan fingerprint density at radius 1 is 1.23 bits per heavy atom. The van der Waals surface area contributed by atoms with Crippen molar-refractivity contribution >= 4 is 12.0 Å². The number of amides is 2. The first-order valence-corrected chi connectivity index (χ1v) is 9.04. The fraction of sp³-hybridized carbons (Fsp3) is 0.500. The van der Waals surface area contributed by atoms with Gasteiger partial charge in [0, 0.05) is 46.2 Å². The molecular formula is C20H28N2O4. The number of rotatable bonds is 7. The zero-order chi connectivity index (χ0) is 18.8. The van der Waals surface area contributed by atoms with Gasteiger partial charge in [0.05, 0.1) is 0 Å². The normalized spacial score (nSPS) is 16.5. The number of carbonyl (C=O) groups is 2. The van der Waals surface area contributed by atoms with Crippen molar-refractivity contribution in [3.05, 3.63) is 48.0 Å². The first-order chi connectivity index (χ1) is 12.6. The molecule has 0 atom stereocenters. The average molecular weight is 360 g/mol. The Balaban J connectivity index is 2.06. The Hall–Kier alpha value is -2.34. The molecule has 1 N–H and O–H groups in total. The molecule has 26 heavy (non-hydrogen) atoms. The number of hydrogen-bond acceptors (Lipinski definition) is 4. The summed E-state index contributed by atoms with van der Waals surface area (Å²) in [5.41, 5.74) is 0.254. The molecule has 1 aromatic carbocycles. The van der Waals surface area contributed by atoms with Crippen LogP contribution in [0.2, 0.25) is 0 Å². The lowest BCUT2D eigenvalue weighted by atomic mass is 9.84. The van der Waals surface area contributed by atoms with Gasteiger partial charge in [-0.1, -0.05) is 36.4 Å². The van der Waals surface area contributed by atoms with E-state index >= 15 is 0 Å². The van der Waals surface area contributed by atoms with Crippen LogP contribution in [0.4, 0.5) is 4.79 Å². The molecule has 0 saturated carbocycles. The van der Waals surface area contributed by atoms with Gasteiger partial charge in [-0.25, -0.2) is 4.79 Å². The molecule has 1 fully saturated rings. The molecule has 1 aromatic rings. The summed E-state index contributed by atoms with van der Waals surface area (Å²) < 4.78 is 10.9. The molecule has 2 rings (SSSR count). The largest absolute Gasteiger partial charge is 0.438 e. The van der Waals surface area contributed by atoms with Crippen molar-refractivity contribution in [1.82, 2.24) is 10.2 Å². The lowest BCUT2D eigenvalue weighted by Gasteiger charge is -2.41. The highest BCUT2D eigenvalue weighted by atomic mass is 16.6. The molecule has 0 radical (unpaired) electrons. The third-order valence-electron chi connectivity index (χ3n) is 4.57. The number of ether oxygens (including phenoxy) is 2. The molecule has 0 aliphatic carbocycles. The van der Waals surface area contributed by atoms with E-state index in [4.69, 9.17) is 9.47 Å². The van der Waals surface area contributed by atoms with Crippen LogP contribution in [0.3, 0.4) is 0 Å². The molecule has 0 aromatic heterocycles. The summed E-state index contributed by atoms with van der Waals surface area (Å²) in [7, 11) is 1.63. The third-order valence-corrected chi connectivity index (χ3v) is 4.57. The molecule has 1 aliphatic heterocycles. The molecule has 0 unspecified atom stereocenters. The van der Waals surface area contributed by atoms with E-state index in [2.05, 4.69) is 5.32 Å². The molecule has 2 amide bonds. The second-order valence-electron chi connectivity index (χ2n) is 6.35.